The molecule has 0 spiro atoms. The van der Waals surface area contributed by atoms with Gasteiger partial charge in [0.05, 0.1) is 24.9 Å². The highest BCUT2D eigenvalue weighted by molar-refractivity contribution is 4.93. The summed E-state index contributed by atoms with van der Waals surface area (Å²) in [5, 5.41) is 9.76. The van der Waals surface area contributed by atoms with E-state index >= 15 is 0 Å². The molecule has 1 rings (SSSR count). The molecule has 0 aromatic rings. The minimum Gasteiger partial charge on any atom is -0.389 e. The Morgan fingerprint density at radius 1 is 1.32 bits per heavy atom. The monoisotopic (exact) mass is 271 g/mol. The Morgan fingerprint density at radius 2 is 2.00 bits per heavy atom. The molecule has 0 bridgehead atoms. The predicted octanol–water partition coefficient (Wildman–Crippen LogP) is 2.29. The third-order valence-corrected chi connectivity index (χ3v) is 3.26. The third-order valence-electron chi connectivity index (χ3n) is 3.26. The van der Waals surface area contributed by atoms with Crippen molar-refractivity contribution in [2.45, 2.75) is 52.2 Å². The lowest BCUT2D eigenvalue weighted by Gasteiger charge is -2.25. The van der Waals surface area contributed by atoms with E-state index in [0.717, 1.165) is 19.4 Å². The maximum atomic E-state index is 9.76. The second-order valence-electron chi connectivity index (χ2n) is 6.43. The Kier molecular flexibility index (Phi) is 7.00. The SMILES string of the molecule is CC1CC=CCC1COCC(O)CNOC(C)(C)C. The minimum absolute atomic E-state index is 0.246. The summed E-state index contributed by atoms with van der Waals surface area (Å²) >= 11 is 0. The topological polar surface area (TPSA) is 50.7 Å². The van der Waals surface area contributed by atoms with Crippen molar-refractivity contribution >= 4 is 0 Å². The summed E-state index contributed by atoms with van der Waals surface area (Å²) in [6.07, 6.45) is 6.16. The largest absolute Gasteiger partial charge is 0.389 e. The van der Waals surface area contributed by atoms with E-state index in [9.17, 15) is 5.11 Å². The third kappa shape index (κ3) is 7.67. The molecule has 19 heavy (non-hydrogen) atoms. The van der Waals surface area contributed by atoms with E-state index in [1.165, 1.54) is 0 Å². The van der Waals surface area contributed by atoms with Gasteiger partial charge in [-0.05, 0) is 45.4 Å². The minimum atomic E-state index is -0.531. The molecule has 0 fully saturated rings. The van der Waals surface area contributed by atoms with Crippen LogP contribution in [0, 0.1) is 11.8 Å². The van der Waals surface area contributed by atoms with Crippen LogP contribution in [-0.2, 0) is 9.57 Å². The van der Waals surface area contributed by atoms with Crippen LogP contribution in [0.2, 0.25) is 0 Å². The second kappa shape index (κ2) is 8.00. The molecule has 0 heterocycles. The fourth-order valence-corrected chi connectivity index (χ4v) is 2.01. The van der Waals surface area contributed by atoms with Crippen LogP contribution in [0.5, 0.6) is 0 Å². The fourth-order valence-electron chi connectivity index (χ4n) is 2.01. The second-order valence-corrected chi connectivity index (χ2v) is 6.43. The van der Waals surface area contributed by atoms with Crippen LogP contribution in [0.15, 0.2) is 12.2 Å². The summed E-state index contributed by atoms with van der Waals surface area (Å²) in [6, 6.07) is 0. The van der Waals surface area contributed by atoms with Crippen molar-refractivity contribution in [1.29, 1.82) is 0 Å². The predicted molar refractivity (Wildman–Crippen MR) is 76.7 cm³/mol. The number of nitrogens with one attached hydrogen (secondary N) is 1. The van der Waals surface area contributed by atoms with Crippen molar-refractivity contribution < 1.29 is 14.7 Å². The lowest BCUT2D eigenvalue weighted by Crippen LogP contribution is -2.36. The first-order chi connectivity index (χ1) is 8.88. The molecule has 1 aliphatic rings. The number of allylic oxidation sites excluding steroid dienone is 2. The van der Waals surface area contributed by atoms with Crippen molar-refractivity contribution in [2.24, 2.45) is 11.8 Å². The molecule has 4 heteroatoms. The number of hydrogen-bond acceptors (Lipinski definition) is 4. The van der Waals surface area contributed by atoms with Crippen LogP contribution < -0.4 is 5.48 Å². The number of ether oxygens (including phenoxy) is 1. The fraction of sp³-hybridized carbons (Fsp3) is 0.867. The molecule has 0 saturated carbocycles. The highest BCUT2D eigenvalue weighted by Gasteiger charge is 2.19. The highest BCUT2D eigenvalue weighted by atomic mass is 16.7. The Bertz CT molecular complexity index is 273. The van der Waals surface area contributed by atoms with Gasteiger partial charge in [0, 0.05) is 6.54 Å². The zero-order valence-corrected chi connectivity index (χ0v) is 12.7. The Labute approximate surface area is 117 Å². The van der Waals surface area contributed by atoms with Crippen LogP contribution in [0.3, 0.4) is 0 Å². The maximum Gasteiger partial charge on any atom is 0.0920 e. The van der Waals surface area contributed by atoms with Gasteiger partial charge < -0.3 is 9.84 Å². The summed E-state index contributed by atoms with van der Waals surface area (Å²) in [5.74, 6) is 1.25. The van der Waals surface area contributed by atoms with Crippen LogP contribution >= 0.6 is 0 Å². The first kappa shape index (κ1) is 16.6. The lowest BCUT2D eigenvalue weighted by molar-refractivity contribution is -0.0906. The molecule has 0 amide bonds. The van der Waals surface area contributed by atoms with Crippen molar-refractivity contribution in [3.8, 4) is 0 Å². The van der Waals surface area contributed by atoms with E-state index in [0.29, 0.717) is 25.0 Å². The van der Waals surface area contributed by atoms with Crippen LogP contribution in [-0.4, -0.2) is 36.6 Å². The van der Waals surface area contributed by atoms with Gasteiger partial charge in [-0.1, -0.05) is 19.1 Å². The molecule has 4 nitrogen and oxygen atoms in total. The molecule has 112 valence electrons. The van der Waals surface area contributed by atoms with Gasteiger partial charge in [0.25, 0.3) is 0 Å². The van der Waals surface area contributed by atoms with Gasteiger partial charge in [-0.25, -0.2) is 0 Å². The summed E-state index contributed by atoms with van der Waals surface area (Å²) in [5.41, 5.74) is 2.54. The summed E-state index contributed by atoms with van der Waals surface area (Å²) in [6.45, 7) is 9.60. The number of hydrogen-bond donors (Lipinski definition) is 2. The molecule has 3 unspecified atom stereocenters. The first-order valence-corrected chi connectivity index (χ1v) is 7.20. The summed E-state index contributed by atoms with van der Waals surface area (Å²) < 4.78 is 5.61. The molecule has 0 aromatic carbocycles. The zero-order valence-electron chi connectivity index (χ0n) is 12.7. The van der Waals surface area contributed by atoms with Crippen molar-refractivity contribution in [3.63, 3.8) is 0 Å². The van der Waals surface area contributed by atoms with E-state index in [1.807, 2.05) is 20.8 Å². The molecule has 2 N–H and O–H groups in total. The van der Waals surface area contributed by atoms with E-state index < -0.39 is 6.10 Å². The molecular formula is C15H29NO3. The molecule has 0 aliphatic heterocycles. The summed E-state index contributed by atoms with van der Waals surface area (Å²) in [7, 11) is 0. The normalized spacial score (nSPS) is 25.5. The Morgan fingerprint density at radius 3 is 2.63 bits per heavy atom. The van der Waals surface area contributed by atoms with Gasteiger partial charge in [0.2, 0.25) is 0 Å². The van der Waals surface area contributed by atoms with Gasteiger partial charge in [-0.15, -0.1) is 0 Å². The van der Waals surface area contributed by atoms with Crippen LogP contribution in [0.25, 0.3) is 0 Å². The van der Waals surface area contributed by atoms with Crippen LogP contribution in [0.1, 0.15) is 40.5 Å². The van der Waals surface area contributed by atoms with E-state index in [2.05, 4.69) is 24.6 Å². The molecule has 0 radical (unpaired) electrons. The zero-order chi connectivity index (χ0) is 14.3. The highest BCUT2D eigenvalue weighted by Crippen LogP contribution is 2.24. The molecule has 0 aromatic heterocycles. The number of aliphatic hydroxyl groups is 1. The average molecular weight is 271 g/mol. The smallest absolute Gasteiger partial charge is 0.0920 e. The maximum absolute atomic E-state index is 9.76. The number of rotatable bonds is 7. The Hall–Kier alpha value is -0.420. The lowest BCUT2D eigenvalue weighted by atomic mass is 9.85. The van der Waals surface area contributed by atoms with E-state index in [-0.39, 0.29) is 5.60 Å². The standard InChI is InChI=1S/C15H29NO3/c1-12-7-5-6-8-13(12)10-18-11-14(17)9-16-19-15(2,3)4/h5-6,12-14,16-17H,7-11H2,1-4H3. The van der Waals surface area contributed by atoms with E-state index in [1.54, 1.807) is 0 Å². The van der Waals surface area contributed by atoms with Crippen LogP contribution in [0.4, 0.5) is 0 Å². The summed E-state index contributed by atoms with van der Waals surface area (Å²) in [4.78, 5) is 5.34. The molecule has 3 atom stereocenters. The molecular weight excluding hydrogens is 242 g/mol. The van der Waals surface area contributed by atoms with E-state index in [4.69, 9.17) is 9.57 Å². The first-order valence-electron chi connectivity index (χ1n) is 7.20. The Balaban J connectivity index is 2.07. The average Bonchev–Trinajstić information content (AvgIpc) is 2.30. The van der Waals surface area contributed by atoms with Crippen molar-refractivity contribution in [2.75, 3.05) is 19.8 Å². The van der Waals surface area contributed by atoms with Gasteiger partial charge in [0.1, 0.15) is 0 Å². The van der Waals surface area contributed by atoms with Gasteiger partial charge in [-0.2, -0.15) is 5.48 Å². The van der Waals surface area contributed by atoms with Crippen molar-refractivity contribution in [3.05, 3.63) is 12.2 Å². The van der Waals surface area contributed by atoms with Gasteiger partial charge in [-0.3, -0.25) is 4.84 Å². The molecule has 1 aliphatic carbocycles. The van der Waals surface area contributed by atoms with Gasteiger partial charge in [0.15, 0.2) is 0 Å². The van der Waals surface area contributed by atoms with Gasteiger partial charge >= 0.3 is 0 Å². The molecule has 0 saturated heterocycles. The quantitative estimate of drug-likeness (QED) is 0.551. The van der Waals surface area contributed by atoms with Crippen molar-refractivity contribution in [1.82, 2.24) is 5.48 Å². The number of aliphatic hydroxyl groups excluding tert-OH is 1. The number of hydroxylamine groups is 1.